The van der Waals surface area contributed by atoms with E-state index >= 15 is 0 Å². The zero-order chi connectivity index (χ0) is 13.7. The molecular weight excluding hydrogens is 312 g/mol. The minimum Gasteiger partial charge on any atom is -0.493 e. The van der Waals surface area contributed by atoms with Crippen molar-refractivity contribution < 1.29 is 19.0 Å². The van der Waals surface area contributed by atoms with E-state index in [-0.39, 0.29) is 5.97 Å². The van der Waals surface area contributed by atoms with Crippen molar-refractivity contribution in [2.24, 2.45) is 0 Å². The molecule has 1 aromatic rings. The maximum atomic E-state index is 11.7. The van der Waals surface area contributed by atoms with Crippen molar-refractivity contribution in [1.29, 1.82) is 0 Å². The van der Waals surface area contributed by atoms with Crippen molar-refractivity contribution >= 4 is 21.9 Å². The van der Waals surface area contributed by atoms with E-state index in [1.54, 1.807) is 6.92 Å². The van der Waals surface area contributed by atoms with Crippen LogP contribution in [0, 0.1) is 0 Å². The zero-order valence-corrected chi connectivity index (χ0v) is 12.4. The molecule has 104 valence electrons. The summed E-state index contributed by atoms with van der Waals surface area (Å²) in [6.07, 6.45) is 0.976. The fourth-order valence-electron chi connectivity index (χ4n) is 2.00. The highest BCUT2D eigenvalue weighted by molar-refractivity contribution is 9.09. The summed E-state index contributed by atoms with van der Waals surface area (Å²) in [5.74, 6) is 1.18. The molecule has 0 spiro atoms. The van der Waals surface area contributed by atoms with Crippen LogP contribution in [0.1, 0.15) is 18.9 Å². The summed E-state index contributed by atoms with van der Waals surface area (Å²) < 4.78 is 16.2. The predicted molar refractivity (Wildman–Crippen MR) is 75.1 cm³/mol. The van der Waals surface area contributed by atoms with Crippen molar-refractivity contribution in [1.82, 2.24) is 0 Å². The normalized spacial score (nSPS) is 17.3. The van der Waals surface area contributed by atoms with Gasteiger partial charge in [-0.25, -0.2) is 4.79 Å². The SMILES string of the molecule is CCOC(=O)C1CCc2ccc(OCCBr)cc2O1. The van der Waals surface area contributed by atoms with Gasteiger partial charge < -0.3 is 14.2 Å². The lowest BCUT2D eigenvalue weighted by molar-refractivity contribution is -0.152. The molecule has 19 heavy (non-hydrogen) atoms. The van der Waals surface area contributed by atoms with Gasteiger partial charge in [0.2, 0.25) is 0 Å². The second kappa shape index (κ2) is 6.80. The molecule has 1 aromatic carbocycles. The highest BCUT2D eigenvalue weighted by Gasteiger charge is 2.27. The molecule has 2 rings (SSSR count). The van der Waals surface area contributed by atoms with E-state index in [2.05, 4.69) is 15.9 Å². The van der Waals surface area contributed by atoms with Crippen LogP contribution < -0.4 is 9.47 Å². The summed E-state index contributed by atoms with van der Waals surface area (Å²) in [7, 11) is 0. The number of benzene rings is 1. The smallest absolute Gasteiger partial charge is 0.347 e. The highest BCUT2D eigenvalue weighted by atomic mass is 79.9. The van der Waals surface area contributed by atoms with E-state index in [0.29, 0.717) is 19.6 Å². The Morgan fingerprint density at radius 2 is 2.37 bits per heavy atom. The van der Waals surface area contributed by atoms with Gasteiger partial charge in [0.15, 0.2) is 6.10 Å². The van der Waals surface area contributed by atoms with Gasteiger partial charge in [0, 0.05) is 11.4 Å². The summed E-state index contributed by atoms with van der Waals surface area (Å²) in [6, 6.07) is 5.75. The monoisotopic (exact) mass is 328 g/mol. The number of rotatable bonds is 5. The average molecular weight is 329 g/mol. The fourth-order valence-corrected chi connectivity index (χ4v) is 2.16. The Hall–Kier alpha value is -1.23. The van der Waals surface area contributed by atoms with E-state index in [1.807, 2.05) is 18.2 Å². The van der Waals surface area contributed by atoms with Crippen LogP contribution in [0.2, 0.25) is 0 Å². The minimum atomic E-state index is -0.501. The van der Waals surface area contributed by atoms with Crippen molar-refractivity contribution in [3.8, 4) is 11.5 Å². The quantitative estimate of drug-likeness (QED) is 0.615. The summed E-state index contributed by atoms with van der Waals surface area (Å²) >= 11 is 3.31. The Morgan fingerprint density at radius 3 is 3.11 bits per heavy atom. The zero-order valence-electron chi connectivity index (χ0n) is 10.9. The van der Waals surface area contributed by atoms with Crippen molar-refractivity contribution in [3.63, 3.8) is 0 Å². The van der Waals surface area contributed by atoms with Crippen LogP contribution in [-0.2, 0) is 16.0 Å². The van der Waals surface area contributed by atoms with Gasteiger partial charge in [-0.3, -0.25) is 0 Å². The van der Waals surface area contributed by atoms with Gasteiger partial charge in [0.1, 0.15) is 11.5 Å². The van der Waals surface area contributed by atoms with Crippen molar-refractivity contribution in [2.45, 2.75) is 25.9 Å². The number of halogens is 1. The van der Waals surface area contributed by atoms with Crippen LogP contribution in [0.3, 0.4) is 0 Å². The van der Waals surface area contributed by atoms with Crippen LogP contribution in [-0.4, -0.2) is 30.6 Å². The van der Waals surface area contributed by atoms with E-state index in [4.69, 9.17) is 14.2 Å². The topological polar surface area (TPSA) is 44.8 Å². The summed E-state index contributed by atoms with van der Waals surface area (Å²) in [4.78, 5) is 11.7. The van der Waals surface area contributed by atoms with Crippen LogP contribution in [0.25, 0.3) is 0 Å². The molecule has 5 heteroatoms. The lowest BCUT2D eigenvalue weighted by Crippen LogP contribution is -2.32. The number of fused-ring (bicyclic) bond motifs is 1. The maximum absolute atomic E-state index is 11.7. The Balaban J connectivity index is 2.07. The molecule has 0 aliphatic carbocycles. The molecule has 0 fully saturated rings. The lowest BCUT2D eigenvalue weighted by atomic mass is 10.0. The summed E-state index contributed by atoms with van der Waals surface area (Å²) in [6.45, 7) is 2.76. The second-order valence-corrected chi connectivity index (χ2v) is 5.00. The van der Waals surface area contributed by atoms with Gasteiger partial charge in [-0.2, -0.15) is 0 Å². The van der Waals surface area contributed by atoms with Gasteiger partial charge >= 0.3 is 5.97 Å². The molecule has 0 N–H and O–H groups in total. The largest absolute Gasteiger partial charge is 0.493 e. The number of esters is 1. The van der Waals surface area contributed by atoms with E-state index in [1.165, 1.54) is 0 Å². The minimum absolute atomic E-state index is 0.292. The fraction of sp³-hybridized carbons (Fsp3) is 0.500. The second-order valence-electron chi connectivity index (χ2n) is 4.20. The van der Waals surface area contributed by atoms with Crippen molar-refractivity contribution in [2.75, 3.05) is 18.5 Å². The van der Waals surface area contributed by atoms with Crippen LogP contribution in [0.4, 0.5) is 0 Å². The summed E-state index contributed by atoms with van der Waals surface area (Å²) in [5, 5.41) is 0.774. The molecule has 0 aromatic heterocycles. The Kier molecular flexibility index (Phi) is 5.07. The molecule has 1 aliphatic rings. The first-order valence-electron chi connectivity index (χ1n) is 6.39. The Labute approximate surface area is 121 Å². The Bertz CT molecular complexity index is 447. The Morgan fingerprint density at radius 1 is 1.53 bits per heavy atom. The lowest BCUT2D eigenvalue weighted by Gasteiger charge is -2.24. The number of ether oxygens (including phenoxy) is 3. The molecule has 1 atom stereocenters. The molecule has 0 radical (unpaired) electrons. The van der Waals surface area contributed by atoms with Gasteiger partial charge in [-0.05, 0) is 31.4 Å². The molecule has 0 saturated carbocycles. The number of carbonyl (C=O) groups is 1. The van der Waals surface area contributed by atoms with Crippen LogP contribution in [0.5, 0.6) is 11.5 Å². The van der Waals surface area contributed by atoms with Gasteiger partial charge in [0.25, 0.3) is 0 Å². The van der Waals surface area contributed by atoms with E-state index in [0.717, 1.165) is 28.8 Å². The number of hydrogen-bond acceptors (Lipinski definition) is 4. The third kappa shape index (κ3) is 3.62. The van der Waals surface area contributed by atoms with Crippen LogP contribution in [0.15, 0.2) is 18.2 Å². The van der Waals surface area contributed by atoms with Gasteiger partial charge in [-0.15, -0.1) is 0 Å². The average Bonchev–Trinajstić information content (AvgIpc) is 2.44. The number of aryl methyl sites for hydroxylation is 1. The molecule has 1 heterocycles. The number of alkyl halides is 1. The van der Waals surface area contributed by atoms with E-state index < -0.39 is 6.10 Å². The molecule has 1 unspecified atom stereocenters. The van der Waals surface area contributed by atoms with Gasteiger partial charge in [-0.1, -0.05) is 22.0 Å². The number of hydrogen-bond donors (Lipinski definition) is 0. The summed E-state index contributed by atoms with van der Waals surface area (Å²) in [5.41, 5.74) is 1.10. The van der Waals surface area contributed by atoms with Gasteiger partial charge in [0.05, 0.1) is 13.2 Å². The first-order valence-corrected chi connectivity index (χ1v) is 7.51. The van der Waals surface area contributed by atoms with E-state index in [9.17, 15) is 4.79 Å². The number of carbonyl (C=O) groups excluding carboxylic acids is 1. The molecular formula is C14H17BrO4. The molecule has 4 nitrogen and oxygen atoms in total. The molecule has 0 saturated heterocycles. The highest BCUT2D eigenvalue weighted by Crippen LogP contribution is 2.31. The molecule has 0 amide bonds. The molecule has 0 bridgehead atoms. The van der Waals surface area contributed by atoms with Crippen molar-refractivity contribution in [3.05, 3.63) is 23.8 Å². The maximum Gasteiger partial charge on any atom is 0.347 e. The first-order chi connectivity index (χ1) is 9.24. The molecule has 1 aliphatic heterocycles. The third-order valence-electron chi connectivity index (χ3n) is 2.88. The van der Waals surface area contributed by atoms with Crippen LogP contribution >= 0.6 is 15.9 Å². The third-order valence-corrected chi connectivity index (χ3v) is 3.20. The standard InChI is InChI=1S/C14H17BrO4/c1-2-17-14(16)12-6-4-10-3-5-11(18-8-7-15)9-13(10)19-12/h3,5,9,12H,2,4,6-8H2,1H3. The predicted octanol–water partition coefficient (Wildman–Crippen LogP) is 2.72. The first kappa shape index (κ1) is 14.2.